The van der Waals surface area contributed by atoms with Crippen LogP contribution in [0.1, 0.15) is 50.8 Å². The lowest BCUT2D eigenvalue weighted by Crippen LogP contribution is -2.49. The first-order valence-electron chi connectivity index (χ1n) is 10.4. The first-order valence-corrected chi connectivity index (χ1v) is 10.4. The SMILES string of the molecule is COc1cc(N2C[C@H]3C[C@@H](C2)[C@H](CCC(C)C)n2c3cccc2=O)nc(OC)n1. The number of nitrogens with zero attached hydrogens (tertiary/aromatic N) is 4. The molecule has 3 atom stereocenters. The molecule has 7 nitrogen and oxygen atoms in total. The summed E-state index contributed by atoms with van der Waals surface area (Å²) < 4.78 is 12.7. The second-order valence-electron chi connectivity index (χ2n) is 8.55. The van der Waals surface area contributed by atoms with Crippen LogP contribution in [-0.4, -0.2) is 41.8 Å². The van der Waals surface area contributed by atoms with Gasteiger partial charge in [0.1, 0.15) is 5.82 Å². The van der Waals surface area contributed by atoms with Crippen LogP contribution in [0.3, 0.4) is 0 Å². The number of ether oxygens (including phenoxy) is 2. The van der Waals surface area contributed by atoms with Gasteiger partial charge in [-0.2, -0.15) is 9.97 Å². The van der Waals surface area contributed by atoms with E-state index in [4.69, 9.17) is 9.47 Å². The van der Waals surface area contributed by atoms with Crippen LogP contribution in [0.2, 0.25) is 0 Å². The van der Waals surface area contributed by atoms with Crippen molar-refractivity contribution in [1.29, 1.82) is 0 Å². The molecule has 4 rings (SSSR count). The van der Waals surface area contributed by atoms with Crippen LogP contribution in [-0.2, 0) is 0 Å². The molecule has 0 aromatic carbocycles. The number of pyridine rings is 1. The molecule has 1 fully saturated rings. The zero-order valence-corrected chi connectivity index (χ0v) is 17.7. The third-order valence-corrected chi connectivity index (χ3v) is 6.22. The normalized spacial score (nSPS) is 23.1. The van der Waals surface area contributed by atoms with Crippen molar-refractivity contribution in [3.63, 3.8) is 0 Å². The molecule has 0 unspecified atom stereocenters. The average molecular weight is 399 g/mol. The lowest BCUT2D eigenvalue weighted by atomic mass is 9.76. The Morgan fingerprint density at radius 1 is 1.17 bits per heavy atom. The van der Waals surface area contributed by atoms with Gasteiger partial charge in [-0.25, -0.2) is 0 Å². The maximum absolute atomic E-state index is 12.8. The largest absolute Gasteiger partial charge is 0.481 e. The number of hydrogen-bond donors (Lipinski definition) is 0. The zero-order chi connectivity index (χ0) is 20.5. The average Bonchev–Trinajstić information content (AvgIpc) is 2.73. The highest BCUT2D eigenvalue weighted by Crippen LogP contribution is 2.44. The summed E-state index contributed by atoms with van der Waals surface area (Å²) in [5.41, 5.74) is 1.28. The Kier molecular flexibility index (Phi) is 5.48. The van der Waals surface area contributed by atoms with E-state index in [1.165, 1.54) is 0 Å². The molecule has 0 aliphatic carbocycles. The highest BCUT2D eigenvalue weighted by atomic mass is 16.5. The van der Waals surface area contributed by atoms with E-state index < -0.39 is 0 Å². The maximum atomic E-state index is 12.8. The van der Waals surface area contributed by atoms with Crippen molar-refractivity contribution in [3.8, 4) is 11.9 Å². The first kappa shape index (κ1) is 19.7. The molecule has 0 saturated carbocycles. The molecule has 29 heavy (non-hydrogen) atoms. The summed E-state index contributed by atoms with van der Waals surface area (Å²) in [5.74, 6) is 2.65. The van der Waals surface area contributed by atoms with Gasteiger partial charge in [0.05, 0.1) is 14.2 Å². The monoisotopic (exact) mass is 398 g/mol. The fourth-order valence-electron chi connectivity index (χ4n) is 4.85. The third kappa shape index (κ3) is 3.82. The van der Waals surface area contributed by atoms with Gasteiger partial charge in [0.15, 0.2) is 0 Å². The predicted molar refractivity (Wildman–Crippen MR) is 112 cm³/mol. The molecule has 0 N–H and O–H groups in total. The van der Waals surface area contributed by atoms with Crippen molar-refractivity contribution in [2.45, 2.75) is 45.1 Å². The van der Waals surface area contributed by atoms with E-state index in [1.807, 2.05) is 12.1 Å². The summed E-state index contributed by atoms with van der Waals surface area (Å²) in [5, 5.41) is 0. The highest BCUT2D eigenvalue weighted by Gasteiger charge is 2.40. The fraction of sp³-hybridized carbons (Fsp3) is 0.591. The van der Waals surface area contributed by atoms with E-state index in [1.54, 1.807) is 20.3 Å². The summed E-state index contributed by atoms with van der Waals surface area (Å²) >= 11 is 0. The van der Waals surface area contributed by atoms with Gasteiger partial charge in [-0.15, -0.1) is 0 Å². The van der Waals surface area contributed by atoms with Gasteiger partial charge >= 0.3 is 6.01 Å². The lowest BCUT2D eigenvalue weighted by molar-refractivity contribution is 0.194. The van der Waals surface area contributed by atoms with Crippen LogP contribution in [0.5, 0.6) is 11.9 Å². The molecule has 7 heteroatoms. The van der Waals surface area contributed by atoms with Crippen LogP contribution in [0.25, 0.3) is 0 Å². The lowest BCUT2D eigenvalue weighted by Gasteiger charge is -2.47. The molecule has 2 aliphatic rings. The second-order valence-corrected chi connectivity index (χ2v) is 8.55. The zero-order valence-electron chi connectivity index (χ0n) is 17.7. The molecular formula is C22H30N4O3. The Morgan fingerprint density at radius 2 is 2.00 bits per heavy atom. The summed E-state index contributed by atoms with van der Waals surface area (Å²) in [7, 11) is 3.16. The van der Waals surface area contributed by atoms with Gasteiger partial charge in [0.2, 0.25) is 5.88 Å². The smallest absolute Gasteiger partial charge is 0.321 e. The van der Waals surface area contributed by atoms with Gasteiger partial charge < -0.3 is 18.9 Å². The molecule has 2 bridgehead atoms. The summed E-state index contributed by atoms with van der Waals surface area (Å²) in [6.07, 6.45) is 3.25. The number of aromatic nitrogens is 3. The van der Waals surface area contributed by atoms with Gasteiger partial charge in [0, 0.05) is 42.9 Å². The number of fused-ring (bicyclic) bond motifs is 4. The molecule has 0 radical (unpaired) electrons. The fourth-order valence-corrected chi connectivity index (χ4v) is 4.85. The Balaban J connectivity index is 1.71. The van der Waals surface area contributed by atoms with Crippen LogP contribution in [0.15, 0.2) is 29.1 Å². The maximum Gasteiger partial charge on any atom is 0.321 e. The molecular weight excluding hydrogens is 368 g/mol. The van der Waals surface area contributed by atoms with Crippen LogP contribution >= 0.6 is 0 Å². The molecule has 1 saturated heterocycles. The number of hydrogen-bond acceptors (Lipinski definition) is 6. The summed E-state index contributed by atoms with van der Waals surface area (Å²) in [4.78, 5) is 23.9. The second kappa shape index (κ2) is 8.05. The number of anilines is 1. The van der Waals surface area contributed by atoms with Crippen molar-refractivity contribution < 1.29 is 9.47 Å². The highest BCUT2D eigenvalue weighted by molar-refractivity contribution is 5.45. The van der Waals surface area contributed by atoms with Gasteiger partial charge in [-0.3, -0.25) is 4.79 Å². The quantitative estimate of drug-likeness (QED) is 0.744. The van der Waals surface area contributed by atoms with Gasteiger partial charge in [-0.1, -0.05) is 19.9 Å². The van der Waals surface area contributed by atoms with Crippen molar-refractivity contribution in [3.05, 3.63) is 40.3 Å². The van der Waals surface area contributed by atoms with Crippen molar-refractivity contribution in [2.75, 3.05) is 32.2 Å². The number of rotatable bonds is 6. The number of methoxy groups -OCH3 is 2. The first-order chi connectivity index (χ1) is 14.0. The topological polar surface area (TPSA) is 69.5 Å². The van der Waals surface area contributed by atoms with Crippen LogP contribution in [0, 0.1) is 11.8 Å². The number of piperidine rings is 1. The predicted octanol–water partition coefficient (Wildman–Crippen LogP) is 3.26. The molecule has 0 spiro atoms. The molecule has 2 aliphatic heterocycles. The summed E-state index contributed by atoms with van der Waals surface area (Å²) in [6.45, 7) is 6.17. The van der Waals surface area contributed by atoms with E-state index >= 15 is 0 Å². The van der Waals surface area contributed by atoms with Crippen molar-refractivity contribution >= 4 is 5.82 Å². The Morgan fingerprint density at radius 3 is 2.72 bits per heavy atom. The Labute approximate surface area is 171 Å². The molecule has 2 aromatic rings. The molecule has 4 heterocycles. The molecule has 156 valence electrons. The Hall–Kier alpha value is -2.57. The van der Waals surface area contributed by atoms with E-state index in [2.05, 4.69) is 39.3 Å². The van der Waals surface area contributed by atoms with E-state index in [-0.39, 0.29) is 11.6 Å². The molecule has 2 aromatic heterocycles. The minimum absolute atomic E-state index is 0.129. The minimum atomic E-state index is 0.129. The van der Waals surface area contributed by atoms with Crippen molar-refractivity contribution in [2.24, 2.45) is 11.8 Å². The summed E-state index contributed by atoms with van der Waals surface area (Å²) in [6, 6.07) is 8.11. The standard InChI is InChI=1S/C22H30N4O3/c1-14(2)8-9-18-16-10-15(17-6-5-7-21(27)26(17)18)12-25(13-16)19-11-20(28-3)24-22(23-19)29-4/h5-7,11,14-16,18H,8-10,12-13H2,1-4H3/t15-,16+,18+/m1/s1. The van der Waals surface area contributed by atoms with E-state index in [0.29, 0.717) is 29.6 Å². The van der Waals surface area contributed by atoms with Crippen molar-refractivity contribution in [1.82, 2.24) is 14.5 Å². The molecule has 0 amide bonds. The van der Waals surface area contributed by atoms with Crippen LogP contribution in [0.4, 0.5) is 5.82 Å². The minimum Gasteiger partial charge on any atom is -0.481 e. The van der Waals surface area contributed by atoms with E-state index in [0.717, 1.165) is 43.9 Å². The van der Waals surface area contributed by atoms with Gasteiger partial charge in [0.25, 0.3) is 5.56 Å². The van der Waals surface area contributed by atoms with Gasteiger partial charge in [-0.05, 0) is 37.2 Å². The third-order valence-electron chi connectivity index (χ3n) is 6.22. The van der Waals surface area contributed by atoms with Crippen LogP contribution < -0.4 is 19.9 Å². The Bertz CT molecular complexity index is 904. The van der Waals surface area contributed by atoms with E-state index in [9.17, 15) is 4.79 Å².